The summed E-state index contributed by atoms with van der Waals surface area (Å²) in [6.07, 6.45) is -5.67. The van der Waals surface area contributed by atoms with Gasteiger partial charge in [0.15, 0.2) is 5.60 Å². The van der Waals surface area contributed by atoms with Crippen molar-refractivity contribution in [2.24, 2.45) is 0 Å². The van der Waals surface area contributed by atoms with Crippen molar-refractivity contribution in [3.63, 3.8) is 0 Å². The number of hydrogen-bond donors (Lipinski definition) is 2. The molecule has 7 heteroatoms. The van der Waals surface area contributed by atoms with Crippen LogP contribution >= 0.6 is 11.6 Å². The van der Waals surface area contributed by atoms with Crippen molar-refractivity contribution in [2.75, 3.05) is 13.7 Å². The number of aliphatic hydroxyl groups excluding tert-OH is 1. The second kappa shape index (κ2) is 6.26. The topological polar surface area (TPSA) is 49.7 Å². The first-order valence-electron chi connectivity index (χ1n) is 6.63. The largest absolute Gasteiger partial charge is 0.495 e. The highest BCUT2D eigenvalue weighted by atomic mass is 35.5. The lowest BCUT2D eigenvalue weighted by molar-refractivity contribution is -0.277. The van der Waals surface area contributed by atoms with Crippen molar-refractivity contribution >= 4 is 11.6 Å². The molecule has 0 saturated carbocycles. The van der Waals surface area contributed by atoms with Gasteiger partial charge in [0.1, 0.15) is 5.75 Å². The predicted molar refractivity (Wildman–Crippen MR) is 78.5 cm³/mol. The molecule has 1 aromatic rings. The first-order valence-corrected chi connectivity index (χ1v) is 7.01. The number of halogens is 4. The van der Waals surface area contributed by atoms with Gasteiger partial charge in [-0.15, -0.1) is 0 Å². The van der Waals surface area contributed by atoms with Gasteiger partial charge in [-0.3, -0.25) is 0 Å². The summed E-state index contributed by atoms with van der Waals surface area (Å²) < 4.78 is 44.2. The Morgan fingerprint density at radius 3 is 2.18 bits per heavy atom. The molecule has 2 N–H and O–H groups in total. The standard InChI is InChI=1S/C15H20ClF3O3/c1-9-5-6-10(12(22-4)11(9)16)13(2,3)7-14(21,8-20)15(17,18)19/h5-6,20-21H,7-8H2,1-4H3. The van der Waals surface area contributed by atoms with Crippen molar-refractivity contribution in [1.82, 2.24) is 0 Å². The van der Waals surface area contributed by atoms with Gasteiger partial charge in [0.2, 0.25) is 0 Å². The molecule has 0 fully saturated rings. The van der Waals surface area contributed by atoms with E-state index >= 15 is 0 Å². The fourth-order valence-corrected chi connectivity index (χ4v) is 2.70. The van der Waals surface area contributed by atoms with E-state index in [0.29, 0.717) is 10.6 Å². The Balaban J connectivity index is 3.34. The molecule has 1 aromatic carbocycles. The van der Waals surface area contributed by atoms with Crippen molar-refractivity contribution in [3.8, 4) is 5.75 Å². The Hall–Kier alpha value is -0.980. The molecule has 0 radical (unpaired) electrons. The number of rotatable bonds is 5. The molecule has 0 heterocycles. The minimum absolute atomic E-state index is 0.272. The summed E-state index contributed by atoms with van der Waals surface area (Å²) in [7, 11) is 1.38. The van der Waals surface area contributed by atoms with Crippen LogP contribution in [0.15, 0.2) is 12.1 Å². The molecule has 1 atom stereocenters. The molecule has 22 heavy (non-hydrogen) atoms. The average molecular weight is 341 g/mol. The van der Waals surface area contributed by atoms with Gasteiger partial charge in [-0.25, -0.2) is 0 Å². The predicted octanol–water partition coefficient (Wildman–Crippen LogP) is 3.61. The lowest BCUT2D eigenvalue weighted by atomic mass is 9.74. The van der Waals surface area contributed by atoms with Crippen molar-refractivity contribution in [2.45, 2.75) is 44.4 Å². The Morgan fingerprint density at radius 1 is 1.23 bits per heavy atom. The van der Waals surface area contributed by atoms with Gasteiger partial charge in [-0.05, 0) is 24.3 Å². The number of aliphatic hydroxyl groups is 2. The molecule has 0 aromatic heterocycles. The van der Waals surface area contributed by atoms with Crippen LogP contribution in [0.2, 0.25) is 5.02 Å². The van der Waals surface area contributed by atoms with Gasteiger partial charge in [0, 0.05) is 5.56 Å². The van der Waals surface area contributed by atoms with Crippen LogP contribution in [0, 0.1) is 6.92 Å². The maximum Gasteiger partial charge on any atom is 0.419 e. The first kappa shape index (κ1) is 19.1. The van der Waals surface area contributed by atoms with Crippen LogP contribution in [0.5, 0.6) is 5.75 Å². The second-order valence-corrected chi connectivity index (χ2v) is 6.40. The van der Waals surface area contributed by atoms with E-state index < -0.39 is 30.2 Å². The van der Waals surface area contributed by atoms with E-state index in [1.54, 1.807) is 19.1 Å². The zero-order chi connectivity index (χ0) is 17.3. The van der Waals surface area contributed by atoms with Gasteiger partial charge < -0.3 is 14.9 Å². The van der Waals surface area contributed by atoms with Crippen molar-refractivity contribution in [3.05, 3.63) is 28.3 Å². The van der Waals surface area contributed by atoms with E-state index in [9.17, 15) is 18.3 Å². The summed E-state index contributed by atoms with van der Waals surface area (Å²) >= 11 is 6.14. The molecule has 0 spiro atoms. The lowest BCUT2D eigenvalue weighted by Gasteiger charge is -2.37. The first-order chi connectivity index (χ1) is 9.89. The van der Waals surface area contributed by atoms with Crippen LogP contribution in [0.3, 0.4) is 0 Å². The number of benzene rings is 1. The molecular weight excluding hydrogens is 321 g/mol. The molecule has 0 aliphatic rings. The average Bonchev–Trinajstić information content (AvgIpc) is 2.39. The van der Waals surface area contributed by atoms with E-state index in [0.717, 1.165) is 5.56 Å². The molecule has 1 unspecified atom stereocenters. The Labute approximate surface area is 132 Å². The van der Waals surface area contributed by atoms with Crippen molar-refractivity contribution in [1.29, 1.82) is 0 Å². The fourth-order valence-electron chi connectivity index (χ4n) is 2.46. The summed E-state index contributed by atoms with van der Waals surface area (Å²) in [6.45, 7) is 3.40. The zero-order valence-electron chi connectivity index (χ0n) is 12.9. The van der Waals surface area contributed by atoms with E-state index in [1.807, 2.05) is 0 Å². The van der Waals surface area contributed by atoms with E-state index in [-0.39, 0.29) is 5.75 Å². The van der Waals surface area contributed by atoms with Crippen LogP contribution < -0.4 is 4.74 Å². The van der Waals surface area contributed by atoms with E-state index in [2.05, 4.69) is 0 Å². The molecule has 1 rings (SSSR count). The molecule has 126 valence electrons. The maximum atomic E-state index is 13.0. The second-order valence-electron chi connectivity index (χ2n) is 6.03. The van der Waals surface area contributed by atoms with Crippen molar-refractivity contribution < 1.29 is 28.1 Å². The highest BCUT2D eigenvalue weighted by molar-refractivity contribution is 6.33. The van der Waals surface area contributed by atoms with Crippen LogP contribution in [0.1, 0.15) is 31.4 Å². The summed E-state index contributed by atoms with van der Waals surface area (Å²) in [6, 6.07) is 3.29. The molecular formula is C15H20ClF3O3. The monoisotopic (exact) mass is 340 g/mol. The third kappa shape index (κ3) is 3.50. The highest BCUT2D eigenvalue weighted by Gasteiger charge is 2.56. The zero-order valence-corrected chi connectivity index (χ0v) is 13.6. The molecule has 0 amide bonds. The summed E-state index contributed by atoms with van der Waals surface area (Å²) in [5.74, 6) is 0.272. The van der Waals surface area contributed by atoms with Gasteiger partial charge >= 0.3 is 6.18 Å². The van der Waals surface area contributed by atoms with Gasteiger partial charge in [0.05, 0.1) is 18.7 Å². The summed E-state index contributed by atoms with van der Waals surface area (Å²) in [4.78, 5) is 0. The third-order valence-corrected chi connectivity index (χ3v) is 4.22. The quantitative estimate of drug-likeness (QED) is 0.861. The molecule has 0 aliphatic carbocycles. The van der Waals surface area contributed by atoms with Gasteiger partial charge in [-0.1, -0.05) is 37.6 Å². The molecule has 3 nitrogen and oxygen atoms in total. The summed E-state index contributed by atoms with van der Waals surface area (Å²) in [5, 5.41) is 19.1. The summed E-state index contributed by atoms with van der Waals surface area (Å²) in [5.41, 5.74) is -3.16. The van der Waals surface area contributed by atoms with Crippen LogP contribution in [0.25, 0.3) is 0 Å². The van der Waals surface area contributed by atoms with E-state index in [4.69, 9.17) is 21.4 Å². The fraction of sp³-hybridized carbons (Fsp3) is 0.600. The van der Waals surface area contributed by atoms with Gasteiger partial charge in [-0.2, -0.15) is 13.2 Å². The number of methoxy groups -OCH3 is 1. The highest BCUT2D eigenvalue weighted by Crippen LogP contribution is 2.45. The van der Waals surface area contributed by atoms with Crippen LogP contribution in [-0.2, 0) is 5.41 Å². The molecule has 0 aliphatic heterocycles. The normalized spacial score (nSPS) is 15.5. The minimum atomic E-state index is -4.94. The minimum Gasteiger partial charge on any atom is -0.495 e. The lowest BCUT2D eigenvalue weighted by Crippen LogP contribution is -2.52. The van der Waals surface area contributed by atoms with Crippen LogP contribution in [0.4, 0.5) is 13.2 Å². The number of aryl methyl sites for hydroxylation is 1. The SMILES string of the molecule is COc1c(C(C)(C)CC(O)(CO)C(F)(F)F)ccc(C)c1Cl. The smallest absolute Gasteiger partial charge is 0.419 e. The molecule has 0 bridgehead atoms. The Morgan fingerprint density at radius 2 is 1.77 bits per heavy atom. The Bertz CT molecular complexity index is 544. The Kier molecular flexibility index (Phi) is 5.42. The number of ether oxygens (including phenoxy) is 1. The maximum absolute atomic E-state index is 13.0. The number of alkyl halides is 3. The van der Waals surface area contributed by atoms with Gasteiger partial charge in [0.25, 0.3) is 0 Å². The molecule has 0 saturated heterocycles. The third-order valence-electron chi connectivity index (χ3n) is 3.75. The van der Waals surface area contributed by atoms with E-state index in [1.165, 1.54) is 21.0 Å². The van der Waals surface area contributed by atoms with Crippen LogP contribution in [-0.4, -0.2) is 35.7 Å². The number of hydrogen-bond acceptors (Lipinski definition) is 3.